The van der Waals surface area contributed by atoms with Crippen molar-refractivity contribution < 1.29 is 9.53 Å². The average molecular weight is 285 g/mol. The number of methoxy groups -OCH3 is 1. The normalized spacial score (nSPS) is 10.0. The molecule has 0 bridgehead atoms. The predicted molar refractivity (Wildman–Crippen MR) is 84.1 cm³/mol. The third kappa shape index (κ3) is 3.72. The molecular weight excluding hydrogens is 266 g/mol. The quantitative estimate of drug-likeness (QED) is 0.886. The highest BCUT2D eigenvalue weighted by molar-refractivity contribution is 6.08. The highest BCUT2D eigenvalue weighted by Gasteiger charge is 2.12. The molecule has 0 radical (unpaired) electrons. The van der Waals surface area contributed by atoms with Gasteiger partial charge in [-0.1, -0.05) is 11.6 Å². The summed E-state index contributed by atoms with van der Waals surface area (Å²) < 4.78 is 4.99. The Balaban J connectivity index is 2.20. The minimum atomic E-state index is -0.165. The molecule has 5 heteroatoms. The van der Waals surface area contributed by atoms with E-state index in [2.05, 4.69) is 15.6 Å². The van der Waals surface area contributed by atoms with E-state index in [1.54, 1.807) is 25.4 Å². The fourth-order valence-electron chi connectivity index (χ4n) is 1.96. The number of aromatic nitrogens is 1. The van der Waals surface area contributed by atoms with Gasteiger partial charge >= 0.3 is 0 Å². The molecule has 0 unspecified atom stereocenters. The lowest BCUT2D eigenvalue weighted by Gasteiger charge is -2.12. The van der Waals surface area contributed by atoms with Crippen LogP contribution in [0.2, 0.25) is 0 Å². The zero-order valence-corrected chi connectivity index (χ0v) is 12.4. The van der Waals surface area contributed by atoms with Gasteiger partial charge in [0.2, 0.25) is 5.88 Å². The van der Waals surface area contributed by atoms with Crippen molar-refractivity contribution in [2.24, 2.45) is 0 Å². The summed E-state index contributed by atoms with van der Waals surface area (Å²) in [5, 5.41) is 6.03. The van der Waals surface area contributed by atoms with Gasteiger partial charge in [0.15, 0.2) is 0 Å². The van der Waals surface area contributed by atoms with Gasteiger partial charge in [-0.3, -0.25) is 4.79 Å². The van der Waals surface area contributed by atoms with Crippen molar-refractivity contribution >= 4 is 17.3 Å². The number of nitrogens with one attached hydrogen (secondary N) is 2. The SMILES string of the molecule is CCNc1ccc(C)cc1C(=O)Nc1ccc(OC)nc1. The van der Waals surface area contributed by atoms with Gasteiger partial charge in [0.05, 0.1) is 24.6 Å². The fourth-order valence-corrected chi connectivity index (χ4v) is 1.96. The maximum absolute atomic E-state index is 12.4. The summed E-state index contributed by atoms with van der Waals surface area (Å²) in [6, 6.07) is 9.22. The number of amides is 1. The number of hydrogen-bond donors (Lipinski definition) is 2. The molecule has 0 atom stereocenters. The van der Waals surface area contributed by atoms with Crippen LogP contribution in [0.3, 0.4) is 0 Å². The molecule has 110 valence electrons. The molecule has 1 aromatic heterocycles. The standard InChI is InChI=1S/C16H19N3O2/c1-4-17-14-7-5-11(2)9-13(14)16(20)19-12-6-8-15(21-3)18-10-12/h5-10,17H,4H2,1-3H3,(H,19,20). The number of pyridine rings is 1. The van der Waals surface area contributed by atoms with Gasteiger partial charge < -0.3 is 15.4 Å². The fraction of sp³-hybridized carbons (Fsp3) is 0.250. The highest BCUT2D eigenvalue weighted by Crippen LogP contribution is 2.19. The van der Waals surface area contributed by atoms with Crippen LogP contribution in [0.15, 0.2) is 36.5 Å². The number of nitrogens with zero attached hydrogens (tertiary/aromatic N) is 1. The molecule has 0 saturated heterocycles. The van der Waals surface area contributed by atoms with Gasteiger partial charge in [0, 0.05) is 18.3 Å². The summed E-state index contributed by atoms with van der Waals surface area (Å²) in [6.45, 7) is 4.71. The Kier molecular flexibility index (Phi) is 4.77. The van der Waals surface area contributed by atoms with E-state index in [9.17, 15) is 4.79 Å². The Morgan fingerprint density at radius 3 is 2.71 bits per heavy atom. The minimum absolute atomic E-state index is 0.165. The van der Waals surface area contributed by atoms with Crippen LogP contribution in [0.4, 0.5) is 11.4 Å². The lowest BCUT2D eigenvalue weighted by Crippen LogP contribution is -2.15. The molecule has 21 heavy (non-hydrogen) atoms. The van der Waals surface area contributed by atoms with Crippen LogP contribution in [0.25, 0.3) is 0 Å². The summed E-state index contributed by atoms with van der Waals surface area (Å²) in [5.74, 6) is 0.346. The summed E-state index contributed by atoms with van der Waals surface area (Å²) in [5.41, 5.74) is 3.11. The summed E-state index contributed by atoms with van der Waals surface area (Å²) in [4.78, 5) is 16.5. The maximum Gasteiger partial charge on any atom is 0.257 e. The molecule has 1 amide bonds. The number of anilines is 2. The predicted octanol–water partition coefficient (Wildman–Crippen LogP) is 3.08. The molecule has 0 fully saturated rings. The Morgan fingerprint density at radius 1 is 1.29 bits per heavy atom. The smallest absolute Gasteiger partial charge is 0.257 e. The van der Waals surface area contributed by atoms with Gasteiger partial charge in [-0.25, -0.2) is 4.98 Å². The van der Waals surface area contributed by atoms with E-state index >= 15 is 0 Å². The second-order valence-electron chi connectivity index (χ2n) is 4.62. The second kappa shape index (κ2) is 6.74. The molecular formula is C16H19N3O2. The Bertz CT molecular complexity index is 624. The van der Waals surface area contributed by atoms with Crippen molar-refractivity contribution in [3.05, 3.63) is 47.7 Å². The van der Waals surface area contributed by atoms with Crippen LogP contribution in [0.5, 0.6) is 5.88 Å². The lowest BCUT2D eigenvalue weighted by molar-refractivity contribution is 0.102. The molecule has 5 nitrogen and oxygen atoms in total. The van der Waals surface area contributed by atoms with Crippen molar-refractivity contribution in [3.8, 4) is 5.88 Å². The molecule has 0 aliphatic heterocycles. The molecule has 1 heterocycles. The minimum Gasteiger partial charge on any atom is -0.481 e. The van der Waals surface area contributed by atoms with Crippen molar-refractivity contribution in [2.75, 3.05) is 24.3 Å². The van der Waals surface area contributed by atoms with Gasteiger partial charge in [-0.05, 0) is 32.0 Å². The van der Waals surface area contributed by atoms with E-state index in [4.69, 9.17) is 4.74 Å². The van der Waals surface area contributed by atoms with Crippen LogP contribution in [-0.2, 0) is 0 Å². The first-order valence-electron chi connectivity index (χ1n) is 6.80. The van der Waals surface area contributed by atoms with Crippen molar-refractivity contribution in [1.29, 1.82) is 0 Å². The van der Waals surface area contributed by atoms with E-state index < -0.39 is 0 Å². The Hall–Kier alpha value is -2.56. The van der Waals surface area contributed by atoms with E-state index in [1.165, 1.54) is 0 Å². The third-order valence-electron chi connectivity index (χ3n) is 2.99. The maximum atomic E-state index is 12.4. The second-order valence-corrected chi connectivity index (χ2v) is 4.62. The lowest BCUT2D eigenvalue weighted by atomic mass is 10.1. The first-order chi connectivity index (χ1) is 10.1. The summed E-state index contributed by atoms with van der Waals surface area (Å²) in [7, 11) is 1.55. The Morgan fingerprint density at radius 2 is 2.10 bits per heavy atom. The van der Waals surface area contributed by atoms with Gasteiger partial charge in [-0.15, -0.1) is 0 Å². The molecule has 1 aromatic carbocycles. The first-order valence-corrected chi connectivity index (χ1v) is 6.80. The summed E-state index contributed by atoms with van der Waals surface area (Å²) >= 11 is 0. The van der Waals surface area contributed by atoms with Crippen LogP contribution in [0.1, 0.15) is 22.8 Å². The van der Waals surface area contributed by atoms with Crippen molar-refractivity contribution in [2.45, 2.75) is 13.8 Å². The third-order valence-corrected chi connectivity index (χ3v) is 2.99. The van der Waals surface area contributed by atoms with Gasteiger partial charge in [0.1, 0.15) is 0 Å². The molecule has 0 saturated carbocycles. The van der Waals surface area contributed by atoms with Crippen molar-refractivity contribution in [1.82, 2.24) is 4.98 Å². The topological polar surface area (TPSA) is 63.2 Å². The molecule has 2 N–H and O–H groups in total. The van der Waals surface area contributed by atoms with Crippen LogP contribution in [-0.4, -0.2) is 24.5 Å². The van der Waals surface area contributed by atoms with E-state index in [-0.39, 0.29) is 5.91 Å². The highest BCUT2D eigenvalue weighted by atomic mass is 16.5. The van der Waals surface area contributed by atoms with Crippen LogP contribution in [0, 0.1) is 6.92 Å². The van der Waals surface area contributed by atoms with Crippen LogP contribution >= 0.6 is 0 Å². The number of ether oxygens (including phenoxy) is 1. The number of rotatable bonds is 5. The zero-order valence-electron chi connectivity index (χ0n) is 12.4. The van der Waals surface area contributed by atoms with Gasteiger partial charge in [-0.2, -0.15) is 0 Å². The van der Waals surface area contributed by atoms with E-state index in [0.29, 0.717) is 17.1 Å². The summed E-state index contributed by atoms with van der Waals surface area (Å²) in [6.07, 6.45) is 1.57. The molecule has 2 rings (SSSR count). The molecule has 0 aliphatic carbocycles. The molecule has 0 aliphatic rings. The Labute approximate surface area is 124 Å². The monoisotopic (exact) mass is 285 g/mol. The van der Waals surface area contributed by atoms with Gasteiger partial charge in [0.25, 0.3) is 5.91 Å². The van der Waals surface area contributed by atoms with E-state index in [1.807, 2.05) is 32.0 Å². The average Bonchev–Trinajstić information content (AvgIpc) is 2.50. The molecule has 2 aromatic rings. The first kappa shape index (κ1) is 14.8. The zero-order chi connectivity index (χ0) is 15.2. The van der Waals surface area contributed by atoms with E-state index in [0.717, 1.165) is 17.8 Å². The largest absolute Gasteiger partial charge is 0.481 e. The number of carbonyl (C=O) groups is 1. The molecule has 0 spiro atoms. The van der Waals surface area contributed by atoms with Crippen molar-refractivity contribution in [3.63, 3.8) is 0 Å². The number of hydrogen-bond acceptors (Lipinski definition) is 4. The number of carbonyl (C=O) groups excluding carboxylic acids is 1. The van der Waals surface area contributed by atoms with Crippen LogP contribution < -0.4 is 15.4 Å². The number of aryl methyl sites for hydroxylation is 1. The number of benzene rings is 1.